The molecule has 2 aliphatic heterocycles. The van der Waals surface area contributed by atoms with Crippen molar-refractivity contribution in [2.45, 2.75) is 40.2 Å². The summed E-state index contributed by atoms with van der Waals surface area (Å²) in [7, 11) is 0. The van der Waals surface area contributed by atoms with Crippen molar-refractivity contribution in [1.29, 1.82) is 0 Å². The Morgan fingerprint density at radius 3 is 2.29 bits per heavy atom. The van der Waals surface area contributed by atoms with E-state index in [-0.39, 0.29) is 5.97 Å². The number of fused-ring (bicyclic) bond motifs is 6. The lowest BCUT2D eigenvalue weighted by atomic mass is 9.78. The molecule has 7 nitrogen and oxygen atoms in total. The highest BCUT2D eigenvalue weighted by Gasteiger charge is 2.55. The molecule has 1 atom stereocenters. The Labute approximate surface area is 200 Å². The molecule has 1 unspecified atom stereocenters. The minimum Gasteiger partial charge on any atom is -0.440 e. The number of ether oxygens (including phenoxy) is 2. The van der Waals surface area contributed by atoms with Crippen molar-refractivity contribution in [1.82, 2.24) is 9.97 Å². The van der Waals surface area contributed by atoms with Crippen LogP contribution in [0.5, 0.6) is 11.6 Å². The third-order valence-corrected chi connectivity index (χ3v) is 6.90. The number of nitrogens with zero attached hydrogens (tertiary/aromatic N) is 4. The number of esters is 1. The molecule has 3 heterocycles. The lowest BCUT2D eigenvalue weighted by molar-refractivity contribution is 0.0218. The SMILES string of the molecule is CCN(CC)c1ccc2c(c1)Oc1nc(N(CC)CC)nc(C)c1C21OC(=O)c2ccccc21. The highest BCUT2D eigenvalue weighted by atomic mass is 16.6. The Morgan fingerprint density at radius 1 is 0.882 bits per heavy atom. The topological polar surface area (TPSA) is 67.8 Å². The van der Waals surface area contributed by atoms with Crippen LogP contribution in [0.25, 0.3) is 0 Å². The number of anilines is 2. The molecule has 7 heteroatoms. The van der Waals surface area contributed by atoms with Crippen LogP contribution >= 0.6 is 0 Å². The molecule has 0 radical (unpaired) electrons. The van der Waals surface area contributed by atoms with Gasteiger partial charge in [-0.15, -0.1) is 0 Å². The van der Waals surface area contributed by atoms with E-state index in [2.05, 4.69) is 43.6 Å². The van der Waals surface area contributed by atoms with Gasteiger partial charge in [0.05, 0.1) is 16.8 Å². The van der Waals surface area contributed by atoms with Crippen LogP contribution < -0.4 is 14.5 Å². The van der Waals surface area contributed by atoms with Gasteiger partial charge in [-0.1, -0.05) is 18.2 Å². The van der Waals surface area contributed by atoms with E-state index < -0.39 is 5.60 Å². The summed E-state index contributed by atoms with van der Waals surface area (Å²) in [5, 5.41) is 0. The molecule has 0 fully saturated rings. The summed E-state index contributed by atoms with van der Waals surface area (Å²) in [5.74, 6) is 1.33. The predicted octanol–water partition coefficient (Wildman–Crippen LogP) is 5.05. The highest BCUT2D eigenvalue weighted by molar-refractivity contribution is 5.97. The molecule has 34 heavy (non-hydrogen) atoms. The average Bonchev–Trinajstić information content (AvgIpc) is 3.13. The Morgan fingerprint density at radius 2 is 1.59 bits per heavy atom. The Balaban J connectivity index is 1.80. The van der Waals surface area contributed by atoms with Gasteiger partial charge < -0.3 is 19.3 Å². The second-order valence-electron chi connectivity index (χ2n) is 8.53. The van der Waals surface area contributed by atoms with E-state index in [0.717, 1.165) is 48.7 Å². The molecule has 5 rings (SSSR count). The molecule has 0 N–H and O–H groups in total. The van der Waals surface area contributed by atoms with E-state index in [9.17, 15) is 4.79 Å². The zero-order chi connectivity index (χ0) is 24.0. The third-order valence-electron chi connectivity index (χ3n) is 6.90. The summed E-state index contributed by atoms with van der Waals surface area (Å²) in [6.45, 7) is 13.6. The number of benzene rings is 2. The Kier molecular flexibility index (Phi) is 5.42. The van der Waals surface area contributed by atoms with Crippen LogP contribution in [-0.2, 0) is 10.3 Å². The van der Waals surface area contributed by atoms with Crippen LogP contribution in [0.3, 0.4) is 0 Å². The molecule has 0 amide bonds. The summed E-state index contributed by atoms with van der Waals surface area (Å²) in [6, 6.07) is 13.7. The minimum atomic E-state index is -1.15. The molecular formula is C27H30N4O3. The average molecular weight is 459 g/mol. The number of carbonyl (C=O) groups excluding carboxylic acids is 1. The fourth-order valence-electron chi connectivity index (χ4n) is 5.17. The van der Waals surface area contributed by atoms with Gasteiger partial charge in [0.15, 0.2) is 5.60 Å². The minimum absolute atomic E-state index is 0.352. The Bertz CT molecular complexity index is 1270. The van der Waals surface area contributed by atoms with Gasteiger partial charge in [-0.2, -0.15) is 4.98 Å². The molecule has 3 aromatic rings. The maximum absolute atomic E-state index is 13.1. The van der Waals surface area contributed by atoms with Gasteiger partial charge in [0.25, 0.3) is 0 Å². The van der Waals surface area contributed by atoms with Gasteiger partial charge in [0.2, 0.25) is 11.8 Å². The molecule has 2 aliphatic rings. The largest absolute Gasteiger partial charge is 0.440 e. The van der Waals surface area contributed by atoms with Crippen molar-refractivity contribution in [3.63, 3.8) is 0 Å². The number of carbonyl (C=O) groups is 1. The van der Waals surface area contributed by atoms with Crippen LogP contribution in [0.2, 0.25) is 0 Å². The first-order chi connectivity index (χ1) is 16.5. The van der Waals surface area contributed by atoms with E-state index >= 15 is 0 Å². The molecular weight excluding hydrogens is 428 g/mol. The van der Waals surface area contributed by atoms with Crippen LogP contribution in [0.4, 0.5) is 11.6 Å². The molecule has 0 aliphatic carbocycles. The zero-order valence-corrected chi connectivity index (χ0v) is 20.4. The molecule has 0 bridgehead atoms. The number of aromatic nitrogens is 2. The summed E-state index contributed by atoms with van der Waals surface area (Å²) < 4.78 is 12.7. The summed E-state index contributed by atoms with van der Waals surface area (Å²) in [5.41, 5.74) is 3.46. The smallest absolute Gasteiger partial charge is 0.340 e. The van der Waals surface area contributed by atoms with Crippen molar-refractivity contribution in [3.8, 4) is 11.6 Å². The lowest BCUT2D eigenvalue weighted by Gasteiger charge is -2.37. The number of rotatable bonds is 6. The van der Waals surface area contributed by atoms with Crippen molar-refractivity contribution in [2.24, 2.45) is 0 Å². The molecule has 1 spiro atoms. The monoisotopic (exact) mass is 458 g/mol. The Hall–Kier alpha value is -3.61. The third kappa shape index (κ3) is 3.06. The fourth-order valence-corrected chi connectivity index (χ4v) is 5.17. The maximum Gasteiger partial charge on any atom is 0.340 e. The van der Waals surface area contributed by atoms with Crippen LogP contribution in [0, 0.1) is 6.92 Å². The van der Waals surface area contributed by atoms with Crippen molar-refractivity contribution in [2.75, 3.05) is 36.0 Å². The second kappa shape index (κ2) is 8.31. The van der Waals surface area contributed by atoms with E-state index in [1.807, 2.05) is 43.3 Å². The van der Waals surface area contributed by atoms with Gasteiger partial charge in [-0.05, 0) is 52.8 Å². The first kappa shape index (κ1) is 22.2. The first-order valence-electron chi connectivity index (χ1n) is 12.0. The molecule has 0 saturated carbocycles. The van der Waals surface area contributed by atoms with Crippen LogP contribution in [0.1, 0.15) is 60.4 Å². The van der Waals surface area contributed by atoms with Gasteiger partial charge in [0.1, 0.15) is 5.75 Å². The summed E-state index contributed by atoms with van der Waals surface area (Å²) in [6.07, 6.45) is 0. The quantitative estimate of drug-likeness (QED) is 0.479. The van der Waals surface area contributed by atoms with Gasteiger partial charge >= 0.3 is 5.97 Å². The first-order valence-corrected chi connectivity index (χ1v) is 12.0. The van der Waals surface area contributed by atoms with Crippen molar-refractivity contribution < 1.29 is 14.3 Å². The summed E-state index contributed by atoms with van der Waals surface area (Å²) in [4.78, 5) is 27.1. The van der Waals surface area contributed by atoms with Crippen molar-refractivity contribution in [3.05, 3.63) is 70.4 Å². The predicted molar refractivity (Wildman–Crippen MR) is 132 cm³/mol. The standard InChI is InChI=1S/C27H30N4O3/c1-6-30(7-2)18-14-15-21-22(16-18)33-24-23(17(5)28-26(29-24)31(8-3)9-4)27(21)20-13-11-10-12-19(20)25(32)34-27/h10-16H,6-9H2,1-5H3. The van der Waals surface area contributed by atoms with Gasteiger partial charge in [0, 0.05) is 49.1 Å². The van der Waals surface area contributed by atoms with Crippen LogP contribution in [-0.4, -0.2) is 42.1 Å². The molecule has 2 aromatic carbocycles. The normalized spacial score (nSPS) is 17.5. The number of aryl methyl sites for hydroxylation is 1. The van der Waals surface area contributed by atoms with E-state index in [0.29, 0.717) is 28.7 Å². The number of hydrogen-bond acceptors (Lipinski definition) is 7. The molecule has 176 valence electrons. The summed E-state index contributed by atoms with van der Waals surface area (Å²) >= 11 is 0. The van der Waals surface area contributed by atoms with Gasteiger partial charge in [-0.3, -0.25) is 0 Å². The maximum atomic E-state index is 13.1. The van der Waals surface area contributed by atoms with E-state index in [1.165, 1.54) is 0 Å². The van der Waals surface area contributed by atoms with Crippen molar-refractivity contribution >= 4 is 17.6 Å². The lowest BCUT2D eigenvalue weighted by Crippen LogP contribution is -2.36. The van der Waals surface area contributed by atoms with E-state index in [4.69, 9.17) is 19.4 Å². The fraction of sp³-hybridized carbons (Fsp3) is 0.370. The highest BCUT2D eigenvalue weighted by Crippen LogP contribution is 2.56. The molecule has 1 aromatic heterocycles. The van der Waals surface area contributed by atoms with E-state index in [1.54, 1.807) is 0 Å². The molecule has 0 saturated heterocycles. The van der Waals surface area contributed by atoms with Crippen LogP contribution in [0.15, 0.2) is 42.5 Å². The zero-order valence-electron chi connectivity index (χ0n) is 20.4. The number of hydrogen-bond donors (Lipinski definition) is 0. The van der Waals surface area contributed by atoms with Gasteiger partial charge in [-0.25, -0.2) is 9.78 Å². The second-order valence-corrected chi connectivity index (χ2v) is 8.53.